The van der Waals surface area contributed by atoms with Gasteiger partial charge >= 0.3 is 0 Å². The molecule has 0 saturated carbocycles. The third-order valence-electron chi connectivity index (χ3n) is 4.71. The molecule has 1 amide bonds. The second-order valence-electron chi connectivity index (χ2n) is 6.54. The minimum Gasteiger partial charge on any atom is -0.481 e. The first-order valence-electron chi connectivity index (χ1n) is 8.85. The molecule has 0 aliphatic carbocycles. The Hall–Kier alpha value is -2.69. The van der Waals surface area contributed by atoms with Gasteiger partial charge in [-0.2, -0.15) is 0 Å². The summed E-state index contributed by atoms with van der Waals surface area (Å²) < 4.78 is 18.5. The van der Waals surface area contributed by atoms with Gasteiger partial charge in [0.05, 0.1) is 0 Å². The molecule has 3 rings (SSSR count). The number of halogens is 1. The van der Waals surface area contributed by atoms with Crippen LogP contribution in [0.4, 0.5) is 4.39 Å². The van der Waals surface area contributed by atoms with Crippen molar-refractivity contribution >= 4 is 11.7 Å². The number of ether oxygens (including phenoxy) is 1. The molecule has 5 heteroatoms. The maximum absolute atomic E-state index is 12.9. The highest BCUT2D eigenvalue weighted by Crippen LogP contribution is 2.23. The van der Waals surface area contributed by atoms with Gasteiger partial charge in [0.25, 0.3) is 5.91 Å². The Kier molecular flexibility index (Phi) is 5.66. The number of hydrogen-bond acceptors (Lipinski definition) is 3. The van der Waals surface area contributed by atoms with E-state index in [9.17, 15) is 14.0 Å². The summed E-state index contributed by atoms with van der Waals surface area (Å²) in [5, 5.41) is 0. The van der Waals surface area contributed by atoms with Crippen LogP contribution in [0.2, 0.25) is 0 Å². The number of hydrogen-bond donors (Lipinski definition) is 0. The first-order valence-corrected chi connectivity index (χ1v) is 8.85. The van der Waals surface area contributed by atoms with E-state index < -0.39 is 6.10 Å². The Morgan fingerprint density at radius 1 is 1.04 bits per heavy atom. The van der Waals surface area contributed by atoms with E-state index in [1.165, 1.54) is 24.3 Å². The summed E-state index contributed by atoms with van der Waals surface area (Å²) in [6.07, 6.45) is 0.660. The van der Waals surface area contributed by atoms with Crippen LogP contribution in [-0.2, 0) is 4.79 Å². The molecule has 0 spiro atoms. The average Bonchev–Trinajstić information content (AvgIpc) is 2.69. The molecule has 0 aromatic heterocycles. The Balaban J connectivity index is 1.53. The zero-order chi connectivity index (χ0) is 18.5. The van der Waals surface area contributed by atoms with Gasteiger partial charge in [-0.15, -0.1) is 0 Å². The van der Waals surface area contributed by atoms with Gasteiger partial charge < -0.3 is 9.64 Å². The van der Waals surface area contributed by atoms with Gasteiger partial charge in [0.15, 0.2) is 11.9 Å². The molecule has 1 fully saturated rings. The normalized spacial score (nSPS) is 16.2. The van der Waals surface area contributed by atoms with Crippen LogP contribution in [0.15, 0.2) is 54.6 Å². The maximum Gasteiger partial charge on any atom is 0.263 e. The lowest BCUT2D eigenvalue weighted by molar-refractivity contribution is -0.139. The number of carbonyl (C=O) groups is 2. The number of nitrogens with zero attached hydrogens (tertiary/aromatic N) is 1. The predicted octanol–water partition coefficient (Wildman–Crippen LogP) is 3.71. The Labute approximate surface area is 152 Å². The van der Waals surface area contributed by atoms with Crippen LogP contribution in [0.3, 0.4) is 0 Å². The Morgan fingerprint density at radius 3 is 2.27 bits per heavy atom. The van der Waals surface area contributed by atoms with Crippen LogP contribution in [0.5, 0.6) is 5.75 Å². The van der Waals surface area contributed by atoms with E-state index in [1.54, 1.807) is 11.8 Å². The monoisotopic (exact) mass is 355 g/mol. The van der Waals surface area contributed by atoms with Crippen LogP contribution in [0, 0.1) is 11.7 Å². The predicted molar refractivity (Wildman–Crippen MR) is 96.6 cm³/mol. The molecule has 1 aliphatic heterocycles. The van der Waals surface area contributed by atoms with Gasteiger partial charge in [0.1, 0.15) is 11.6 Å². The highest BCUT2D eigenvalue weighted by atomic mass is 19.1. The molecule has 136 valence electrons. The standard InChI is InChI=1S/C21H22FNO3/c1-15(26-19-9-7-18(22)8-10-19)21(25)23-13-11-17(12-14-23)20(24)16-5-3-2-4-6-16/h2-10,15,17H,11-14H2,1H3. The zero-order valence-electron chi connectivity index (χ0n) is 14.7. The van der Waals surface area contributed by atoms with E-state index in [1.807, 2.05) is 30.3 Å². The second-order valence-corrected chi connectivity index (χ2v) is 6.54. The second kappa shape index (κ2) is 8.13. The molecule has 1 heterocycles. The van der Waals surface area contributed by atoms with Gasteiger partial charge in [-0.05, 0) is 44.0 Å². The number of carbonyl (C=O) groups excluding carboxylic acids is 2. The van der Waals surface area contributed by atoms with Crippen molar-refractivity contribution in [2.75, 3.05) is 13.1 Å². The summed E-state index contributed by atoms with van der Waals surface area (Å²) in [5.74, 6) is 0.103. The zero-order valence-corrected chi connectivity index (χ0v) is 14.7. The van der Waals surface area contributed by atoms with E-state index in [4.69, 9.17) is 4.74 Å². The molecule has 2 aromatic carbocycles. The lowest BCUT2D eigenvalue weighted by Gasteiger charge is -2.33. The summed E-state index contributed by atoms with van der Waals surface area (Å²) in [4.78, 5) is 26.8. The molecule has 0 radical (unpaired) electrons. The Bertz CT molecular complexity index is 753. The maximum atomic E-state index is 12.9. The van der Waals surface area contributed by atoms with E-state index in [0.717, 1.165) is 5.56 Å². The van der Waals surface area contributed by atoms with E-state index in [-0.39, 0.29) is 23.4 Å². The van der Waals surface area contributed by atoms with Gasteiger partial charge in [-0.1, -0.05) is 30.3 Å². The molecule has 1 atom stereocenters. The topological polar surface area (TPSA) is 46.6 Å². The Morgan fingerprint density at radius 2 is 1.65 bits per heavy atom. The first-order chi connectivity index (χ1) is 12.5. The largest absolute Gasteiger partial charge is 0.481 e. The van der Waals surface area contributed by atoms with Crippen molar-refractivity contribution in [3.63, 3.8) is 0 Å². The summed E-state index contributed by atoms with van der Waals surface area (Å²) in [6.45, 7) is 2.77. The van der Waals surface area contributed by atoms with Crippen molar-refractivity contribution in [2.24, 2.45) is 5.92 Å². The molecular formula is C21H22FNO3. The number of benzene rings is 2. The van der Waals surface area contributed by atoms with Crippen LogP contribution >= 0.6 is 0 Å². The molecule has 1 saturated heterocycles. The summed E-state index contributed by atoms with van der Waals surface area (Å²) >= 11 is 0. The summed E-state index contributed by atoms with van der Waals surface area (Å²) in [5.41, 5.74) is 0.727. The van der Waals surface area contributed by atoms with Gasteiger partial charge in [-0.25, -0.2) is 4.39 Å². The molecule has 0 bridgehead atoms. The SMILES string of the molecule is CC(Oc1ccc(F)cc1)C(=O)N1CCC(C(=O)c2ccccc2)CC1. The molecule has 0 N–H and O–H groups in total. The number of amides is 1. The lowest BCUT2D eigenvalue weighted by atomic mass is 9.89. The van der Waals surface area contributed by atoms with Crippen LogP contribution in [0.25, 0.3) is 0 Å². The van der Waals surface area contributed by atoms with Crippen molar-refractivity contribution in [2.45, 2.75) is 25.9 Å². The molecule has 26 heavy (non-hydrogen) atoms. The van der Waals surface area contributed by atoms with Crippen LogP contribution in [-0.4, -0.2) is 35.8 Å². The fourth-order valence-corrected chi connectivity index (χ4v) is 3.22. The number of likely N-dealkylation sites (tertiary alicyclic amines) is 1. The molecule has 1 unspecified atom stereocenters. The molecule has 2 aromatic rings. The van der Waals surface area contributed by atoms with Crippen LogP contribution in [0.1, 0.15) is 30.1 Å². The summed E-state index contributed by atoms with van der Waals surface area (Å²) in [6, 6.07) is 14.9. The van der Waals surface area contributed by atoms with Gasteiger partial charge in [-0.3, -0.25) is 9.59 Å². The lowest BCUT2D eigenvalue weighted by Crippen LogP contribution is -2.45. The van der Waals surface area contributed by atoms with E-state index >= 15 is 0 Å². The van der Waals surface area contributed by atoms with Crippen molar-refractivity contribution in [1.29, 1.82) is 0 Å². The number of rotatable bonds is 5. The third kappa shape index (κ3) is 4.28. The highest BCUT2D eigenvalue weighted by molar-refractivity contribution is 5.98. The summed E-state index contributed by atoms with van der Waals surface area (Å²) in [7, 11) is 0. The van der Waals surface area contributed by atoms with E-state index in [0.29, 0.717) is 31.7 Å². The quantitative estimate of drug-likeness (QED) is 0.768. The molecule has 4 nitrogen and oxygen atoms in total. The third-order valence-corrected chi connectivity index (χ3v) is 4.71. The van der Waals surface area contributed by atoms with Crippen LogP contribution < -0.4 is 4.74 Å². The fourth-order valence-electron chi connectivity index (χ4n) is 3.22. The first kappa shape index (κ1) is 18.1. The van der Waals surface area contributed by atoms with Crippen molar-refractivity contribution < 1.29 is 18.7 Å². The molecule has 1 aliphatic rings. The average molecular weight is 355 g/mol. The number of Topliss-reactive ketones (excluding diaryl/α,β-unsaturated/α-hetero) is 1. The molecular weight excluding hydrogens is 333 g/mol. The highest BCUT2D eigenvalue weighted by Gasteiger charge is 2.30. The van der Waals surface area contributed by atoms with Crippen molar-refractivity contribution in [3.05, 3.63) is 66.0 Å². The van der Waals surface area contributed by atoms with Crippen molar-refractivity contribution in [1.82, 2.24) is 4.90 Å². The number of ketones is 1. The van der Waals surface area contributed by atoms with Crippen molar-refractivity contribution in [3.8, 4) is 5.75 Å². The van der Waals surface area contributed by atoms with Gasteiger partial charge in [0, 0.05) is 24.6 Å². The fraction of sp³-hybridized carbons (Fsp3) is 0.333. The number of piperidine rings is 1. The smallest absolute Gasteiger partial charge is 0.263 e. The minimum absolute atomic E-state index is 0.0465. The minimum atomic E-state index is -0.651. The van der Waals surface area contributed by atoms with Gasteiger partial charge in [0.2, 0.25) is 0 Å². The van der Waals surface area contributed by atoms with E-state index in [2.05, 4.69) is 0 Å².